The lowest BCUT2D eigenvalue weighted by atomic mass is 10.1. The molecule has 0 heterocycles. The average Bonchev–Trinajstić information content (AvgIpc) is 2.30. The maximum atomic E-state index is 13.5. The summed E-state index contributed by atoms with van der Waals surface area (Å²) in [5.41, 5.74) is 0.691. The topological polar surface area (TPSA) is 23.5 Å². The molecule has 0 bridgehead atoms. The zero-order chi connectivity index (χ0) is 12.0. The molecule has 0 saturated heterocycles. The Hall–Kier alpha value is -0.930. The molecule has 0 aliphatic heterocycles. The van der Waals surface area contributed by atoms with Gasteiger partial charge in [-0.3, -0.25) is 4.90 Å². The Morgan fingerprint density at radius 2 is 2.06 bits per heavy atom. The van der Waals surface area contributed by atoms with Crippen LogP contribution in [0, 0.1) is 5.82 Å². The smallest absolute Gasteiger partial charge is 0.127 e. The van der Waals surface area contributed by atoms with Crippen LogP contribution < -0.4 is 0 Å². The van der Waals surface area contributed by atoms with Gasteiger partial charge in [0.25, 0.3) is 0 Å². The minimum absolute atomic E-state index is 0.110. The second-order valence-corrected chi connectivity index (χ2v) is 4.04. The molecule has 0 radical (unpaired) electrons. The van der Waals surface area contributed by atoms with Gasteiger partial charge in [-0.05, 0) is 19.4 Å². The number of aliphatic hydroxyl groups excluding tert-OH is 1. The minimum Gasteiger partial charge on any atom is -0.395 e. The monoisotopic (exact) mass is 225 g/mol. The molecular formula is C13H20FNO. The fourth-order valence-electron chi connectivity index (χ4n) is 1.69. The number of benzene rings is 1. The van der Waals surface area contributed by atoms with Gasteiger partial charge in [0.1, 0.15) is 5.82 Å². The van der Waals surface area contributed by atoms with E-state index in [1.807, 2.05) is 6.07 Å². The maximum Gasteiger partial charge on any atom is 0.127 e. The average molecular weight is 225 g/mol. The summed E-state index contributed by atoms with van der Waals surface area (Å²) in [4.78, 5) is 2.10. The Bertz CT molecular complexity index is 317. The van der Waals surface area contributed by atoms with E-state index in [0.717, 1.165) is 6.42 Å². The zero-order valence-electron chi connectivity index (χ0n) is 9.99. The second-order valence-electron chi connectivity index (χ2n) is 4.04. The highest BCUT2D eigenvalue weighted by Crippen LogP contribution is 2.13. The van der Waals surface area contributed by atoms with Crippen molar-refractivity contribution in [1.82, 2.24) is 4.90 Å². The van der Waals surface area contributed by atoms with Crippen molar-refractivity contribution in [1.29, 1.82) is 0 Å². The van der Waals surface area contributed by atoms with Gasteiger partial charge in [0.05, 0.1) is 6.61 Å². The van der Waals surface area contributed by atoms with Gasteiger partial charge in [0.15, 0.2) is 0 Å². The predicted octanol–water partition coefficient (Wildman–Crippen LogP) is 2.42. The minimum atomic E-state index is -0.172. The summed E-state index contributed by atoms with van der Waals surface area (Å²) in [6.45, 7) is 5.44. The number of rotatable bonds is 6. The highest BCUT2D eigenvalue weighted by molar-refractivity contribution is 5.17. The predicted molar refractivity (Wildman–Crippen MR) is 63.6 cm³/mol. The number of nitrogens with zero attached hydrogens (tertiary/aromatic N) is 1. The quantitative estimate of drug-likeness (QED) is 0.803. The highest BCUT2D eigenvalue weighted by Gasteiger charge is 2.13. The molecule has 0 aliphatic carbocycles. The zero-order valence-corrected chi connectivity index (χ0v) is 9.99. The van der Waals surface area contributed by atoms with Crippen molar-refractivity contribution in [3.05, 3.63) is 35.6 Å². The van der Waals surface area contributed by atoms with Gasteiger partial charge in [-0.25, -0.2) is 4.39 Å². The molecule has 0 fully saturated rings. The first-order valence-corrected chi connectivity index (χ1v) is 5.77. The standard InChI is InChI=1S/C13H20FNO/c1-3-11(2)15(8-9-16)10-12-6-4-5-7-13(12)14/h4-7,11,16H,3,8-10H2,1-2H3. The molecule has 16 heavy (non-hydrogen) atoms. The number of aliphatic hydroxyl groups is 1. The molecule has 1 aromatic rings. The molecule has 1 rings (SSSR count). The first-order chi connectivity index (χ1) is 7.69. The molecule has 0 saturated carbocycles. The molecule has 0 spiro atoms. The van der Waals surface area contributed by atoms with Crippen molar-refractivity contribution in [2.24, 2.45) is 0 Å². The molecule has 2 nitrogen and oxygen atoms in total. The van der Waals surface area contributed by atoms with E-state index >= 15 is 0 Å². The van der Waals surface area contributed by atoms with E-state index in [9.17, 15) is 4.39 Å². The van der Waals surface area contributed by atoms with Gasteiger partial charge >= 0.3 is 0 Å². The fraction of sp³-hybridized carbons (Fsp3) is 0.538. The summed E-state index contributed by atoms with van der Waals surface area (Å²) >= 11 is 0. The van der Waals surface area contributed by atoms with Gasteiger partial charge in [-0.2, -0.15) is 0 Å². The normalized spacial score (nSPS) is 13.1. The van der Waals surface area contributed by atoms with Crippen molar-refractivity contribution in [3.63, 3.8) is 0 Å². The van der Waals surface area contributed by atoms with Crippen LogP contribution in [0.2, 0.25) is 0 Å². The van der Waals surface area contributed by atoms with Crippen LogP contribution in [0.1, 0.15) is 25.8 Å². The Kier molecular flexibility index (Phi) is 5.43. The molecule has 1 atom stereocenters. The molecule has 3 heteroatoms. The third kappa shape index (κ3) is 3.58. The molecular weight excluding hydrogens is 205 g/mol. The first-order valence-electron chi connectivity index (χ1n) is 5.77. The molecule has 1 unspecified atom stereocenters. The van der Waals surface area contributed by atoms with Gasteiger partial charge in [0.2, 0.25) is 0 Å². The molecule has 1 aromatic carbocycles. The molecule has 1 N–H and O–H groups in total. The van der Waals surface area contributed by atoms with Gasteiger partial charge in [-0.15, -0.1) is 0 Å². The summed E-state index contributed by atoms with van der Waals surface area (Å²) in [5, 5.41) is 8.99. The number of halogens is 1. The van der Waals surface area contributed by atoms with Crippen molar-refractivity contribution in [2.45, 2.75) is 32.9 Å². The Morgan fingerprint density at radius 3 is 2.62 bits per heavy atom. The van der Waals surface area contributed by atoms with Gasteiger partial charge in [-0.1, -0.05) is 25.1 Å². The first kappa shape index (κ1) is 13.1. The van der Waals surface area contributed by atoms with Crippen LogP contribution >= 0.6 is 0 Å². The molecule has 0 aliphatic rings. The summed E-state index contributed by atoms with van der Waals surface area (Å²) in [6, 6.07) is 7.15. The highest BCUT2D eigenvalue weighted by atomic mass is 19.1. The van der Waals surface area contributed by atoms with Crippen molar-refractivity contribution in [2.75, 3.05) is 13.2 Å². The Labute approximate surface area is 96.7 Å². The molecule has 0 amide bonds. The van der Waals surface area contributed by atoms with Gasteiger partial charge < -0.3 is 5.11 Å². The number of hydrogen-bond acceptors (Lipinski definition) is 2. The van der Waals surface area contributed by atoms with Crippen LogP contribution in [0.15, 0.2) is 24.3 Å². The van der Waals surface area contributed by atoms with E-state index in [0.29, 0.717) is 24.7 Å². The van der Waals surface area contributed by atoms with Crippen molar-refractivity contribution < 1.29 is 9.50 Å². The van der Waals surface area contributed by atoms with Crippen molar-refractivity contribution in [3.8, 4) is 0 Å². The van der Waals surface area contributed by atoms with Gasteiger partial charge in [0, 0.05) is 24.7 Å². The molecule has 90 valence electrons. The SMILES string of the molecule is CCC(C)N(CCO)Cc1ccccc1F. The fourth-order valence-corrected chi connectivity index (χ4v) is 1.69. The van der Waals surface area contributed by atoms with Crippen LogP contribution in [-0.4, -0.2) is 29.2 Å². The van der Waals surface area contributed by atoms with E-state index in [4.69, 9.17) is 5.11 Å². The largest absolute Gasteiger partial charge is 0.395 e. The lowest BCUT2D eigenvalue weighted by Crippen LogP contribution is -2.34. The third-order valence-electron chi connectivity index (χ3n) is 2.93. The van der Waals surface area contributed by atoms with E-state index in [-0.39, 0.29) is 12.4 Å². The maximum absolute atomic E-state index is 13.5. The molecule has 0 aromatic heterocycles. The third-order valence-corrected chi connectivity index (χ3v) is 2.93. The Morgan fingerprint density at radius 1 is 1.38 bits per heavy atom. The summed E-state index contributed by atoms with van der Waals surface area (Å²) in [5.74, 6) is -0.172. The van der Waals surface area contributed by atoms with Crippen LogP contribution in [0.4, 0.5) is 4.39 Å². The second kappa shape index (κ2) is 6.61. The van der Waals surface area contributed by atoms with E-state index in [1.54, 1.807) is 12.1 Å². The van der Waals surface area contributed by atoms with E-state index in [2.05, 4.69) is 18.7 Å². The van der Waals surface area contributed by atoms with Crippen LogP contribution in [-0.2, 0) is 6.54 Å². The van der Waals surface area contributed by atoms with Crippen LogP contribution in [0.3, 0.4) is 0 Å². The van der Waals surface area contributed by atoms with Crippen LogP contribution in [0.25, 0.3) is 0 Å². The Balaban J connectivity index is 2.71. The summed E-state index contributed by atoms with van der Waals surface area (Å²) in [7, 11) is 0. The summed E-state index contributed by atoms with van der Waals surface area (Å²) < 4.78 is 13.5. The van der Waals surface area contributed by atoms with E-state index < -0.39 is 0 Å². The van der Waals surface area contributed by atoms with Crippen molar-refractivity contribution >= 4 is 0 Å². The summed E-state index contributed by atoms with van der Waals surface area (Å²) in [6.07, 6.45) is 0.994. The lowest BCUT2D eigenvalue weighted by Gasteiger charge is -2.27. The number of hydrogen-bond donors (Lipinski definition) is 1. The van der Waals surface area contributed by atoms with Crippen LogP contribution in [0.5, 0.6) is 0 Å². The van der Waals surface area contributed by atoms with E-state index in [1.165, 1.54) is 6.07 Å². The lowest BCUT2D eigenvalue weighted by molar-refractivity contribution is 0.147.